The van der Waals surface area contributed by atoms with Gasteiger partial charge in [-0.05, 0) is 25.7 Å². The number of hydrogen-bond acceptors (Lipinski definition) is 5. The average Bonchev–Trinajstić information content (AvgIpc) is 3.37. The molecule has 2 atom stereocenters. The van der Waals surface area contributed by atoms with Gasteiger partial charge in [0, 0.05) is 12.8 Å². The molecule has 0 aromatic heterocycles. The minimum Gasteiger partial charge on any atom is -0.466 e. The minimum atomic E-state index is -0.660. The molecule has 0 bridgehead atoms. The number of aliphatic hydroxyl groups excluding tert-OH is 2. The number of carbonyl (C=O) groups excluding carboxylic acids is 2. The summed E-state index contributed by atoms with van der Waals surface area (Å²) in [7, 11) is 0. The third-order valence-electron chi connectivity index (χ3n) is 15.7. The zero-order valence-electron chi connectivity index (χ0n) is 48.5. The molecule has 0 radical (unpaired) electrons. The van der Waals surface area contributed by atoms with Gasteiger partial charge >= 0.3 is 5.97 Å². The molecule has 6 nitrogen and oxygen atoms in total. The van der Waals surface area contributed by atoms with E-state index in [0.29, 0.717) is 25.9 Å². The van der Waals surface area contributed by atoms with Crippen molar-refractivity contribution in [3.8, 4) is 0 Å². The normalized spacial score (nSPS) is 12.5. The fourth-order valence-corrected chi connectivity index (χ4v) is 10.6. The smallest absolute Gasteiger partial charge is 0.305 e. The van der Waals surface area contributed by atoms with E-state index >= 15 is 0 Å². The summed E-state index contributed by atoms with van der Waals surface area (Å²) < 4.78 is 5.50. The van der Waals surface area contributed by atoms with Crippen LogP contribution >= 0.6 is 0 Å². The Bertz CT molecular complexity index is 1020. The molecule has 2 unspecified atom stereocenters. The SMILES string of the molecule is CCCCCCCCCCCCCCCCCC(=O)OCCCCCCCCCCCCCCCCCCCCCCCCCCCCC(=O)NC(CO)C(O)CCCCCCCCCCCCCCC. The molecular formula is C65H129NO5. The van der Waals surface area contributed by atoms with E-state index in [1.165, 1.54) is 308 Å². The third kappa shape index (κ3) is 58.0. The first-order valence-electron chi connectivity index (χ1n) is 32.8. The minimum absolute atomic E-state index is 0.0212. The van der Waals surface area contributed by atoms with Crippen molar-refractivity contribution in [2.24, 2.45) is 0 Å². The molecular weight excluding hydrogens is 875 g/mol. The van der Waals surface area contributed by atoms with Crippen LogP contribution in [0, 0.1) is 0 Å². The van der Waals surface area contributed by atoms with Crippen LogP contribution in [-0.2, 0) is 14.3 Å². The van der Waals surface area contributed by atoms with E-state index in [4.69, 9.17) is 4.74 Å². The van der Waals surface area contributed by atoms with Gasteiger partial charge in [-0.25, -0.2) is 0 Å². The van der Waals surface area contributed by atoms with E-state index in [1.807, 2.05) is 0 Å². The standard InChI is InChI=1S/C65H129NO5/c1-3-5-7-9-11-13-15-17-30-35-39-43-47-51-55-59-65(70)71-60-56-52-48-44-40-36-32-29-27-25-23-21-19-18-20-22-24-26-28-31-34-38-42-46-50-54-58-64(69)66-62(61-67)63(68)57-53-49-45-41-37-33-16-14-12-10-8-6-4-2/h62-63,67-68H,3-61H2,1-2H3,(H,66,69). The highest BCUT2D eigenvalue weighted by Gasteiger charge is 2.20. The molecule has 0 fully saturated rings. The molecule has 0 heterocycles. The van der Waals surface area contributed by atoms with Gasteiger partial charge in [0.25, 0.3) is 0 Å². The second-order valence-corrected chi connectivity index (χ2v) is 22.8. The largest absolute Gasteiger partial charge is 0.466 e. The lowest BCUT2D eigenvalue weighted by Gasteiger charge is -2.22. The molecule has 0 aliphatic heterocycles. The van der Waals surface area contributed by atoms with E-state index in [1.54, 1.807) is 0 Å². The predicted molar refractivity (Wildman–Crippen MR) is 310 cm³/mol. The van der Waals surface area contributed by atoms with E-state index < -0.39 is 12.1 Å². The van der Waals surface area contributed by atoms with Crippen LogP contribution in [0.15, 0.2) is 0 Å². The molecule has 71 heavy (non-hydrogen) atoms. The Balaban J connectivity index is 3.32. The van der Waals surface area contributed by atoms with Gasteiger partial charge in [0.1, 0.15) is 0 Å². The number of amides is 1. The molecule has 0 saturated heterocycles. The van der Waals surface area contributed by atoms with Gasteiger partial charge in [0.2, 0.25) is 5.91 Å². The van der Waals surface area contributed by atoms with Crippen molar-refractivity contribution in [2.45, 2.75) is 392 Å². The molecule has 0 aromatic carbocycles. The molecule has 3 N–H and O–H groups in total. The van der Waals surface area contributed by atoms with E-state index in [-0.39, 0.29) is 18.5 Å². The highest BCUT2D eigenvalue weighted by molar-refractivity contribution is 5.76. The van der Waals surface area contributed by atoms with Gasteiger partial charge < -0.3 is 20.3 Å². The molecule has 0 rings (SSSR count). The number of unbranched alkanes of at least 4 members (excludes halogenated alkanes) is 51. The van der Waals surface area contributed by atoms with Crippen molar-refractivity contribution in [3.63, 3.8) is 0 Å². The van der Waals surface area contributed by atoms with Gasteiger partial charge in [0.05, 0.1) is 25.4 Å². The Kier molecular flexibility index (Phi) is 60.4. The zero-order chi connectivity index (χ0) is 51.4. The molecule has 0 saturated carbocycles. The lowest BCUT2D eigenvalue weighted by atomic mass is 10.0. The maximum Gasteiger partial charge on any atom is 0.305 e. The Morgan fingerprint density at radius 1 is 0.338 bits per heavy atom. The second-order valence-electron chi connectivity index (χ2n) is 22.8. The van der Waals surface area contributed by atoms with Crippen molar-refractivity contribution in [1.29, 1.82) is 0 Å². The molecule has 6 heteroatoms. The topological polar surface area (TPSA) is 95.9 Å². The van der Waals surface area contributed by atoms with Crippen molar-refractivity contribution < 1.29 is 24.5 Å². The summed E-state index contributed by atoms with van der Waals surface area (Å²) in [6.07, 6.45) is 72.8. The van der Waals surface area contributed by atoms with E-state index in [0.717, 1.165) is 38.5 Å². The summed E-state index contributed by atoms with van der Waals surface area (Å²) in [6.45, 7) is 4.99. The highest BCUT2D eigenvalue weighted by Crippen LogP contribution is 2.19. The van der Waals surface area contributed by atoms with Crippen LogP contribution in [0.4, 0.5) is 0 Å². The summed E-state index contributed by atoms with van der Waals surface area (Å²) >= 11 is 0. The first kappa shape index (κ1) is 69.9. The summed E-state index contributed by atoms with van der Waals surface area (Å²) in [5.74, 6) is -0.00900. The third-order valence-corrected chi connectivity index (χ3v) is 15.7. The van der Waals surface area contributed by atoms with Gasteiger partial charge in [-0.3, -0.25) is 9.59 Å². The summed E-state index contributed by atoms with van der Waals surface area (Å²) in [4.78, 5) is 24.5. The van der Waals surface area contributed by atoms with E-state index in [2.05, 4.69) is 19.2 Å². The Labute approximate surface area is 445 Å². The highest BCUT2D eigenvalue weighted by atomic mass is 16.5. The number of aliphatic hydroxyl groups is 2. The Morgan fingerprint density at radius 2 is 0.577 bits per heavy atom. The number of hydrogen-bond donors (Lipinski definition) is 3. The predicted octanol–water partition coefficient (Wildman–Crippen LogP) is 20.6. The van der Waals surface area contributed by atoms with Crippen LogP contribution in [0.3, 0.4) is 0 Å². The summed E-state index contributed by atoms with van der Waals surface area (Å²) in [6, 6.07) is -0.537. The van der Waals surface area contributed by atoms with Crippen LogP contribution in [0.5, 0.6) is 0 Å². The first-order chi connectivity index (χ1) is 35.0. The van der Waals surface area contributed by atoms with Crippen LogP contribution in [-0.4, -0.2) is 47.4 Å². The van der Waals surface area contributed by atoms with Crippen LogP contribution < -0.4 is 5.32 Å². The summed E-state index contributed by atoms with van der Waals surface area (Å²) in [5, 5.41) is 23.3. The zero-order valence-corrected chi connectivity index (χ0v) is 48.5. The average molecular weight is 1000 g/mol. The Morgan fingerprint density at radius 3 is 0.859 bits per heavy atom. The summed E-state index contributed by atoms with van der Waals surface area (Å²) in [5.41, 5.74) is 0. The van der Waals surface area contributed by atoms with Gasteiger partial charge in [-0.2, -0.15) is 0 Å². The second kappa shape index (κ2) is 61.4. The fourth-order valence-electron chi connectivity index (χ4n) is 10.6. The molecule has 0 spiro atoms. The van der Waals surface area contributed by atoms with Gasteiger partial charge in [-0.1, -0.05) is 341 Å². The van der Waals surface area contributed by atoms with Crippen molar-refractivity contribution >= 4 is 11.9 Å². The molecule has 0 aliphatic carbocycles. The molecule has 0 aliphatic rings. The fraction of sp³-hybridized carbons (Fsp3) is 0.969. The van der Waals surface area contributed by atoms with E-state index in [9.17, 15) is 19.8 Å². The number of nitrogens with one attached hydrogen (secondary N) is 1. The number of rotatable bonds is 62. The number of ether oxygens (including phenoxy) is 1. The molecule has 1 amide bonds. The Hall–Kier alpha value is -1.14. The number of carbonyl (C=O) groups is 2. The van der Waals surface area contributed by atoms with Crippen molar-refractivity contribution in [3.05, 3.63) is 0 Å². The van der Waals surface area contributed by atoms with Crippen LogP contribution in [0.25, 0.3) is 0 Å². The molecule has 424 valence electrons. The van der Waals surface area contributed by atoms with Crippen LogP contribution in [0.2, 0.25) is 0 Å². The first-order valence-corrected chi connectivity index (χ1v) is 32.8. The molecule has 0 aromatic rings. The maximum absolute atomic E-state index is 12.5. The number of esters is 1. The van der Waals surface area contributed by atoms with Crippen molar-refractivity contribution in [1.82, 2.24) is 5.32 Å². The lowest BCUT2D eigenvalue weighted by Crippen LogP contribution is -2.45. The lowest BCUT2D eigenvalue weighted by molar-refractivity contribution is -0.143. The van der Waals surface area contributed by atoms with Crippen molar-refractivity contribution in [2.75, 3.05) is 13.2 Å². The van der Waals surface area contributed by atoms with Crippen LogP contribution in [0.1, 0.15) is 380 Å². The monoisotopic (exact) mass is 1000 g/mol. The maximum atomic E-state index is 12.5. The van der Waals surface area contributed by atoms with Gasteiger partial charge in [-0.15, -0.1) is 0 Å². The quantitative estimate of drug-likeness (QED) is 0.0417. The van der Waals surface area contributed by atoms with Gasteiger partial charge in [0.15, 0.2) is 0 Å².